The van der Waals surface area contributed by atoms with Gasteiger partial charge in [-0.1, -0.05) is 46.3 Å². The van der Waals surface area contributed by atoms with E-state index in [1.807, 2.05) is 48.5 Å². The van der Waals surface area contributed by atoms with Crippen LogP contribution in [0, 0.1) is 0 Å². The van der Waals surface area contributed by atoms with Gasteiger partial charge in [0.05, 0.1) is 5.75 Å². The minimum Gasteiger partial charge on any atom is -0.293 e. The molecule has 0 atom stereocenters. The smallest absolute Gasteiger partial charge is 0.175 e. The third-order valence-corrected chi connectivity index (χ3v) is 4.62. The number of halogens is 1. The number of aromatic nitrogens is 1. The van der Waals surface area contributed by atoms with Crippen LogP contribution in [0.25, 0.3) is 10.8 Å². The first-order valence-electron chi connectivity index (χ1n) is 6.48. The van der Waals surface area contributed by atoms with Gasteiger partial charge in [0.15, 0.2) is 5.78 Å². The third-order valence-electron chi connectivity index (χ3n) is 3.13. The molecule has 0 spiro atoms. The number of pyridine rings is 1. The summed E-state index contributed by atoms with van der Waals surface area (Å²) in [6.45, 7) is 0. The van der Waals surface area contributed by atoms with Gasteiger partial charge in [-0.2, -0.15) is 0 Å². The first kappa shape index (κ1) is 14.3. The normalized spacial score (nSPS) is 10.7. The number of ketones is 1. The number of carbonyl (C=O) groups excluding carboxylic acids is 1. The highest BCUT2D eigenvalue weighted by atomic mass is 79.9. The molecule has 0 saturated heterocycles. The molecule has 0 aliphatic rings. The Morgan fingerprint density at radius 3 is 2.81 bits per heavy atom. The largest absolute Gasteiger partial charge is 0.293 e. The number of benzene rings is 2. The van der Waals surface area contributed by atoms with Crippen molar-refractivity contribution in [3.63, 3.8) is 0 Å². The molecule has 0 radical (unpaired) electrons. The molecule has 0 N–H and O–H groups in total. The van der Waals surface area contributed by atoms with Gasteiger partial charge >= 0.3 is 0 Å². The molecule has 2 aromatic carbocycles. The van der Waals surface area contributed by atoms with E-state index < -0.39 is 0 Å². The SMILES string of the molecule is O=C(CSc1cccc(Br)c1)c1cncc2ccccc12. The second-order valence-electron chi connectivity index (χ2n) is 4.58. The van der Waals surface area contributed by atoms with Gasteiger partial charge < -0.3 is 0 Å². The molecule has 4 heteroatoms. The van der Waals surface area contributed by atoms with Crippen molar-refractivity contribution < 1.29 is 4.79 Å². The van der Waals surface area contributed by atoms with E-state index in [1.54, 1.807) is 12.4 Å². The van der Waals surface area contributed by atoms with Crippen molar-refractivity contribution in [3.05, 3.63) is 71.0 Å². The Hall–Kier alpha value is -1.65. The first-order chi connectivity index (χ1) is 10.2. The standard InChI is InChI=1S/C17H12BrNOS/c18-13-5-3-6-14(8-13)21-11-17(20)16-10-19-9-12-4-1-2-7-15(12)16/h1-10H,11H2. The Balaban J connectivity index is 1.81. The van der Waals surface area contributed by atoms with Crippen LogP contribution < -0.4 is 0 Å². The second kappa shape index (κ2) is 6.41. The highest BCUT2D eigenvalue weighted by molar-refractivity contribution is 9.10. The number of fused-ring (bicyclic) bond motifs is 1. The highest BCUT2D eigenvalue weighted by Gasteiger charge is 2.11. The van der Waals surface area contributed by atoms with Gasteiger partial charge in [0.1, 0.15) is 0 Å². The lowest BCUT2D eigenvalue weighted by Crippen LogP contribution is -2.03. The summed E-state index contributed by atoms with van der Waals surface area (Å²) >= 11 is 4.98. The minimum atomic E-state index is 0.101. The Morgan fingerprint density at radius 2 is 1.95 bits per heavy atom. The summed E-state index contributed by atoms with van der Waals surface area (Å²) in [4.78, 5) is 17.7. The zero-order valence-corrected chi connectivity index (χ0v) is 13.5. The molecule has 0 fully saturated rings. The molecule has 2 nitrogen and oxygen atoms in total. The third kappa shape index (κ3) is 3.34. The second-order valence-corrected chi connectivity index (χ2v) is 6.54. The maximum absolute atomic E-state index is 12.4. The van der Waals surface area contributed by atoms with Crippen molar-refractivity contribution >= 4 is 44.2 Å². The fraction of sp³-hybridized carbons (Fsp3) is 0.0588. The summed E-state index contributed by atoms with van der Waals surface area (Å²) in [6, 6.07) is 15.8. The van der Waals surface area contributed by atoms with Crippen LogP contribution in [0.4, 0.5) is 0 Å². The van der Waals surface area contributed by atoms with Crippen LogP contribution >= 0.6 is 27.7 Å². The minimum absolute atomic E-state index is 0.101. The van der Waals surface area contributed by atoms with Crippen molar-refractivity contribution in [3.8, 4) is 0 Å². The van der Waals surface area contributed by atoms with Crippen LogP contribution in [0.15, 0.2) is 70.3 Å². The van der Waals surface area contributed by atoms with Crippen LogP contribution in [0.3, 0.4) is 0 Å². The average Bonchev–Trinajstić information content (AvgIpc) is 2.52. The van der Waals surface area contributed by atoms with Crippen molar-refractivity contribution in [2.24, 2.45) is 0 Å². The zero-order valence-electron chi connectivity index (χ0n) is 11.1. The van der Waals surface area contributed by atoms with Gasteiger partial charge in [0.25, 0.3) is 0 Å². The maximum atomic E-state index is 12.4. The molecule has 0 amide bonds. The molecule has 0 aliphatic carbocycles. The molecule has 0 aliphatic heterocycles. The monoisotopic (exact) mass is 357 g/mol. The molecule has 21 heavy (non-hydrogen) atoms. The molecule has 1 aromatic heterocycles. The quantitative estimate of drug-likeness (QED) is 0.487. The fourth-order valence-corrected chi connectivity index (χ4v) is 3.51. The Labute approximate surface area is 135 Å². The molecule has 104 valence electrons. The van der Waals surface area contributed by atoms with Crippen LogP contribution in [-0.2, 0) is 0 Å². The zero-order chi connectivity index (χ0) is 14.7. The number of nitrogens with zero attached hydrogens (tertiary/aromatic N) is 1. The summed E-state index contributed by atoms with van der Waals surface area (Å²) < 4.78 is 1.02. The predicted molar refractivity (Wildman–Crippen MR) is 90.9 cm³/mol. The molecule has 3 aromatic rings. The van der Waals surface area contributed by atoms with E-state index in [2.05, 4.69) is 20.9 Å². The van der Waals surface area contributed by atoms with E-state index in [1.165, 1.54) is 11.8 Å². The van der Waals surface area contributed by atoms with E-state index in [9.17, 15) is 4.79 Å². The molecular formula is C17H12BrNOS. The van der Waals surface area contributed by atoms with E-state index >= 15 is 0 Å². The molecule has 1 heterocycles. The Bertz CT molecular complexity index is 798. The molecule has 0 unspecified atom stereocenters. The van der Waals surface area contributed by atoms with E-state index in [0.717, 1.165) is 20.1 Å². The summed E-state index contributed by atoms with van der Waals surface area (Å²) in [5.41, 5.74) is 0.690. The number of hydrogen-bond donors (Lipinski definition) is 0. The number of hydrogen-bond acceptors (Lipinski definition) is 3. The van der Waals surface area contributed by atoms with E-state index in [-0.39, 0.29) is 5.78 Å². The Kier molecular flexibility index (Phi) is 4.36. The van der Waals surface area contributed by atoms with Crippen LogP contribution in [0.2, 0.25) is 0 Å². The van der Waals surface area contributed by atoms with Crippen molar-refractivity contribution in [2.45, 2.75) is 4.90 Å². The predicted octanol–water partition coefficient (Wildman–Crippen LogP) is 4.97. The lowest BCUT2D eigenvalue weighted by molar-refractivity contribution is 0.102. The lowest BCUT2D eigenvalue weighted by atomic mass is 10.1. The Morgan fingerprint density at radius 1 is 1.10 bits per heavy atom. The summed E-state index contributed by atoms with van der Waals surface area (Å²) in [5.74, 6) is 0.510. The highest BCUT2D eigenvalue weighted by Crippen LogP contribution is 2.24. The van der Waals surface area contributed by atoms with E-state index in [4.69, 9.17) is 0 Å². The fourth-order valence-electron chi connectivity index (χ4n) is 2.12. The van der Waals surface area contributed by atoms with Crippen molar-refractivity contribution in [1.82, 2.24) is 4.98 Å². The van der Waals surface area contributed by atoms with Crippen molar-refractivity contribution in [1.29, 1.82) is 0 Å². The average molecular weight is 358 g/mol. The summed E-state index contributed by atoms with van der Waals surface area (Å²) in [5, 5.41) is 1.96. The summed E-state index contributed by atoms with van der Waals surface area (Å²) in [7, 11) is 0. The van der Waals surface area contributed by atoms with Gasteiger partial charge in [-0.05, 0) is 23.6 Å². The van der Waals surface area contributed by atoms with Gasteiger partial charge in [-0.3, -0.25) is 9.78 Å². The number of Topliss-reactive ketones (excluding diaryl/α,β-unsaturated/α-hetero) is 1. The van der Waals surface area contributed by atoms with Crippen LogP contribution in [-0.4, -0.2) is 16.5 Å². The van der Waals surface area contributed by atoms with Gasteiger partial charge in [-0.15, -0.1) is 11.8 Å². The van der Waals surface area contributed by atoms with Crippen LogP contribution in [0.1, 0.15) is 10.4 Å². The molecule has 0 bridgehead atoms. The van der Waals surface area contributed by atoms with Gasteiger partial charge in [0.2, 0.25) is 0 Å². The van der Waals surface area contributed by atoms with Gasteiger partial charge in [-0.25, -0.2) is 0 Å². The first-order valence-corrected chi connectivity index (χ1v) is 8.26. The van der Waals surface area contributed by atoms with Crippen molar-refractivity contribution in [2.75, 3.05) is 5.75 Å². The van der Waals surface area contributed by atoms with E-state index in [0.29, 0.717) is 11.3 Å². The number of carbonyl (C=O) groups is 1. The number of thioether (sulfide) groups is 1. The topological polar surface area (TPSA) is 30.0 Å². The van der Waals surface area contributed by atoms with Gasteiger partial charge in [0, 0.05) is 32.7 Å². The molecule has 3 rings (SSSR count). The molecular weight excluding hydrogens is 346 g/mol. The van der Waals surface area contributed by atoms with Crippen LogP contribution in [0.5, 0.6) is 0 Å². The summed E-state index contributed by atoms with van der Waals surface area (Å²) in [6.07, 6.45) is 3.44. The number of rotatable bonds is 4. The molecule has 0 saturated carbocycles. The maximum Gasteiger partial charge on any atom is 0.175 e. The lowest BCUT2D eigenvalue weighted by Gasteiger charge is -2.05.